The monoisotopic (exact) mass is 315 g/mol. The summed E-state index contributed by atoms with van der Waals surface area (Å²) in [4.78, 5) is 37.5. The zero-order valence-electron chi connectivity index (χ0n) is 11.9. The Morgan fingerprint density at radius 1 is 1.52 bits per heavy atom. The van der Waals surface area contributed by atoms with Crippen LogP contribution < -0.4 is 10.6 Å². The van der Waals surface area contributed by atoms with Crippen LogP contribution in [0, 0.1) is 0 Å². The fraction of sp³-hybridized carbons (Fsp3) is 0.500. The van der Waals surface area contributed by atoms with Gasteiger partial charge in [0, 0.05) is 6.54 Å². The van der Waals surface area contributed by atoms with Crippen LogP contribution in [0.25, 0.3) is 0 Å². The smallest absolute Gasteiger partial charge is 0.408 e. The van der Waals surface area contributed by atoms with Crippen molar-refractivity contribution in [2.75, 3.05) is 11.9 Å². The molecule has 3 N–H and O–H groups in total. The van der Waals surface area contributed by atoms with E-state index in [0.717, 1.165) is 11.3 Å². The highest BCUT2D eigenvalue weighted by Gasteiger charge is 2.24. The number of aldehydes is 1. The quantitative estimate of drug-likeness (QED) is 0.678. The molecule has 1 amide bonds. The first-order valence-corrected chi connectivity index (χ1v) is 6.90. The van der Waals surface area contributed by atoms with Gasteiger partial charge < -0.3 is 20.5 Å². The number of hydrogen-bond donors (Lipinski definition) is 3. The molecule has 1 aromatic heterocycles. The maximum Gasteiger partial charge on any atom is 0.408 e. The lowest BCUT2D eigenvalue weighted by molar-refractivity contribution is -0.139. The molecule has 0 radical (unpaired) electrons. The number of aromatic nitrogens is 1. The summed E-state index contributed by atoms with van der Waals surface area (Å²) in [6.45, 7) is 4.95. The maximum absolute atomic E-state index is 11.6. The normalized spacial score (nSPS) is 12.3. The third-order valence-corrected chi connectivity index (χ3v) is 2.97. The lowest BCUT2D eigenvalue weighted by Crippen LogP contribution is -2.47. The summed E-state index contributed by atoms with van der Waals surface area (Å²) in [7, 11) is 0. The lowest BCUT2D eigenvalue weighted by Gasteiger charge is -2.22. The molecule has 0 aromatic carbocycles. The summed E-state index contributed by atoms with van der Waals surface area (Å²) < 4.78 is 4.99. The largest absolute Gasteiger partial charge is 0.480 e. The van der Waals surface area contributed by atoms with E-state index in [9.17, 15) is 14.4 Å². The first-order valence-electron chi connectivity index (χ1n) is 6.08. The zero-order chi connectivity index (χ0) is 16.0. The molecule has 8 nitrogen and oxygen atoms in total. The second-order valence-electron chi connectivity index (χ2n) is 5.10. The summed E-state index contributed by atoms with van der Waals surface area (Å²) in [5.41, 5.74) is -0.714. The van der Waals surface area contributed by atoms with Crippen molar-refractivity contribution in [3.63, 3.8) is 0 Å². The van der Waals surface area contributed by atoms with Gasteiger partial charge in [-0.05, 0) is 20.8 Å². The topological polar surface area (TPSA) is 118 Å². The highest BCUT2D eigenvalue weighted by atomic mass is 32.1. The van der Waals surface area contributed by atoms with Gasteiger partial charge in [0.15, 0.2) is 11.4 Å². The van der Waals surface area contributed by atoms with Crippen LogP contribution >= 0.6 is 11.3 Å². The molecular weight excluding hydrogens is 298 g/mol. The molecule has 0 bridgehead atoms. The Morgan fingerprint density at radius 3 is 2.67 bits per heavy atom. The van der Waals surface area contributed by atoms with Gasteiger partial charge in [-0.25, -0.2) is 14.6 Å². The van der Waals surface area contributed by atoms with Gasteiger partial charge in [-0.3, -0.25) is 4.79 Å². The van der Waals surface area contributed by atoms with Gasteiger partial charge in [0.1, 0.15) is 11.6 Å². The van der Waals surface area contributed by atoms with E-state index < -0.39 is 23.7 Å². The lowest BCUT2D eigenvalue weighted by atomic mass is 10.2. The van der Waals surface area contributed by atoms with Crippen molar-refractivity contribution in [3.8, 4) is 0 Å². The van der Waals surface area contributed by atoms with Crippen molar-refractivity contribution < 1.29 is 24.2 Å². The second-order valence-corrected chi connectivity index (χ2v) is 6.17. The predicted molar refractivity (Wildman–Crippen MR) is 76.8 cm³/mol. The Kier molecular flexibility index (Phi) is 5.65. The molecule has 0 fully saturated rings. The third kappa shape index (κ3) is 6.21. The van der Waals surface area contributed by atoms with E-state index in [4.69, 9.17) is 9.84 Å². The standard InChI is InChI=1S/C12H17N3O5S/c1-12(2,3)20-11(19)15-8(9(17)18)5-14-10-13-4-7(6-16)21-10/h4,6,8H,5H2,1-3H3,(H,13,14)(H,15,19)(H,17,18). The summed E-state index contributed by atoms with van der Waals surface area (Å²) in [6, 6.07) is -1.18. The van der Waals surface area contributed by atoms with Crippen LogP contribution in [-0.2, 0) is 9.53 Å². The molecule has 1 unspecified atom stereocenters. The fourth-order valence-corrected chi connectivity index (χ4v) is 1.90. The number of carboxylic acids is 1. The molecular formula is C12H17N3O5S. The van der Waals surface area contributed by atoms with E-state index in [1.54, 1.807) is 20.8 Å². The number of carboxylic acid groups (broad SMARTS) is 1. The molecule has 1 heterocycles. The highest BCUT2D eigenvalue weighted by Crippen LogP contribution is 2.15. The van der Waals surface area contributed by atoms with Crippen molar-refractivity contribution in [2.24, 2.45) is 0 Å². The van der Waals surface area contributed by atoms with Crippen LogP contribution in [0.3, 0.4) is 0 Å². The van der Waals surface area contributed by atoms with E-state index >= 15 is 0 Å². The number of aliphatic carboxylic acids is 1. The van der Waals surface area contributed by atoms with Crippen LogP contribution in [0.1, 0.15) is 30.4 Å². The van der Waals surface area contributed by atoms with Crippen molar-refractivity contribution in [3.05, 3.63) is 11.1 Å². The van der Waals surface area contributed by atoms with Crippen molar-refractivity contribution in [1.82, 2.24) is 10.3 Å². The van der Waals surface area contributed by atoms with Crippen LogP contribution in [0.4, 0.5) is 9.93 Å². The number of carbonyl (C=O) groups excluding carboxylic acids is 2. The molecule has 0 aliphatic rings. The second kappa shape index (κ2) is 7.02. The molecule has 116 valence electrons. The number of nitrogens with zero attached hydrogens (tertiary/aromatic N) is 1. The fourth-order valence-electron chi connectivity index (χ4n) is 1.26. The molecule has 0 spiro atoms. The number of thiazole rings is 1. The average Bonchev–Trinajstić information content (AvgIpc) is 2.79. The number of anilines is 1. The Labute approximate surface area is 125 Å². The predicted octanol–water partition coefficient (Wildman–Crippen LogP) is 1.35. The number of ether oxygens (including phenoxy) is 1. The van der Waals surface area contributed by atoms with E-state index in [2.05, 4.69) is 15.6 Å². The molecule has 1 atom stereocenters. The molecule has 0 saturated carbocycles. The maximum atomic E-state index is 11.6. The van der Waals surface area contributed by atoms with Gasteiger partial charge in [0.25, 0.3) is 0 Å². The molecule has 0 aliphatic heterocycles. The van der Waals surface area contributed by atoms with Crippen molar-refractivity contribution in [2.45, 2.75) is 32.4 Å². The zero-order valence-corrected chi connectivity index (χ0v) is 12.7. The third-order valence-electron chi connectivity index (χ3n) is 2.09. The van der Waals surface area contributed by atoms with Crippen LogP contribution in [-0.4, -0.2) is 46.6 Å². The van der Waals surface area contributed by atoms with Gasteiger partial charge in [-0.1, -0.05) is 11.3 Å². The SMILES string of the molecule is CC(C)(C)OC(=O)NC(CNc1ncc(C=O)s1)C(=O)O. The number of carbonyl (C=O) groups is 3. The Balaban J connectivity index is 2.55. The van der Waals surface area contributed by atoms with Crippen molar-refractivity contribution >= 4 is 34.8 Å². The van der Waals surface area contributed by atoms with Crippen LogP contribution in [0.5, 0.6) is 0 Å². The number of hydrogen-bond acceptors (Lipinski definition) is 7. The molecule has 1 rings (SSSR count). The van der Waals surface area contributed by atoms with Crippen molar-refractivity contribution in [1.29, 1.82) is 0 Å². The summed E-state index contributed by atoms with van der Waals surface area (Å²) in [5, 5.41) is 14.5. The Bertz CT molecular complexity index is 523. The molecule has 0 saturated heterocycles. The average molecular weight is 315 g/mol. The highest BCUT2D eigenvalue weighted by molar-refractivity contribution is 7.17. The first kappa shape index (κ1) is 16.9. The van der Waals surface area contributed by atoms with Gasteiger partial charge in [0.2, 0.25) is 0 Å². The summed E-state index contributed by atoms with van der Waals surface area (Å²) >= 11 is 1.09. The van der Waals surface area contributed by atoms with Gasteiger partial charge in [0.05, 0.1) is 11.1 Å². The minimum absolute atomic E-state index is 0.0829. The van der Waals surface area contributed by atoms with Gasteiger partial charge >= 0.3 is 12.1 Å². The molecule has 0 aliphatic carbocycles. The van der Waals surface area contributed by atoms with Crippen LogP contribution in [0.15, 0.2) is 6.20 Å². The van der Waals surface area contributed by atoms with E-state index in [0.29, 0.717) is 16.3 Å². The van der Waals surface area contributed by atoms with Crippen LogP contribution in [0.2, 0.25) is 0 Å². The number of amides is 1. The number of rotatable bonds is 6. The first-order chi connectivity index (χ1) is 9.71. The molecule has 1 aromatic rings. The molecule has 21 heavy (non-hydrogen) atoms. The summed E-state index contributed by atoms with van der Waals surface area (Å²) in [5.74, 6) is -1.21. The molecule has 9 heteroatoms. The number of nitrogens with one attached hydrogen (secondary N) is 2. The minimum atomic E-state index is -1.21. The number of alkyl carbamates (subject to hydrolysis) is 1. The summed E-state index contributed by atoms with van der Waals surface area (Å²) in [6.07, 6.45) is 1.21. The van der Waals surface area contributed by atoms with Gasteiger partial charge in [-0.15, -0.1) is 0 Å². The van der Waals surface area contributed by atoms with E-state index in [-0.39, 0.29) is 6.54 Å². The Morgan fingerprint density at radius 2 is 2.19 bits per heavy atom. The van der Waals surface area contributed by atoms with E-state index in [1.165, 1.54) is 6.20 Å². The Hall–Kier alpha value is -2.16. The van der Waals surface area contributed by atoms with E-state index in [1.807, 2.05) is 0 Å². The van der Waals surface area contributed by atoms with Gasteiger partial charge in [-0.2, -0.15) is 0 Å². The minimum Gasteiger partial charge on any atom is -0.480 e.